The largest absolute Gasteiger partial charge is 3.00 e. The van der Waals surface area contributed by atoms with Crippen molar-refractivity contribution in [2.75, 3.05) is 0 Å². The number of phosphoric acid groups is 1. The monoisotopic (exact) mass is 207 g/mol. The topological polar surface area (TPSA) is 109 Å². The van der Waals surface area contributed by atoms with Crippen LogP contribution >= 0.6 is 7.82 Å². The normalized spacial score (nSPS) is 7.38. The van der Waals surface area contributed by atoms with E-state index in [2.05, 4.69) is 0 Å². The van der Waals surface area contributed by atoms with E-state index in [1.165, 1.54) is 0 Å². The van der Waals surface area contributed by atoms with Gasteiger partial charge in [0.25, 0.3) is 0 Å². The third-order valence-electron chi connectivity index (χ3n) is 0. The maximum atomic E-state index is 8.88. The molecule has 0 aliphatic carbocycles. The summed E-state index contributed by atoms with van der Waals surface area (Å²) in [6.07, 6.45) is 0. The molecule has 0 rings (SSSR count). The summed E-state index contributed by atoms with van der Waals surface area (Å²) in [4.78, 5) is 21.6. The van der Waals surface area contributed by atoms with Crippen molar-refractivity contribution in [1.82, 2.24) is 0 Å². The molecule has 5 N–H and O–H groups in total. The van der Waals surface area contributed by atoms with E-state index < -0.39 is 7.82 Å². The van der Waals surface area contributed by atoms with Crippen molar-refractivity contribution in [3.05, 3.63) is 0 Å². The zero-order valence-corrected chi connectivity index (χ0v) is 9.00. The molecule has 0 aromatic carbocycles. The quantitative estimate of drug-likeness (QED) is 0.312. The van der Waals surface area contributed by atoms with Gasteiger partial charge < -0.3 is 20.2 Å². The van der Waals surface area contributed by atoms with Crippen LogP contribution in [-0.2, 0) is 24.0 Å². The first kappa shape index (κ1) is 22.9. The van der Waals surface area contributed by atoms with E-state index in [-0.39, 0.29) is 42.3 Å². The minimum atomic E-state index is -4.64. The predicted octanol–water partition coefficient (Wildman–Crippen LogP) is -2.14. The second kappa shape index (κ2) is 8.23. The van der Waals surface area contributed by atoms with Crippen molar-refractivity contribution in [2.45, 2.75) is 0 Å². The molecule has 0 saturated carbocycles. The number of hydrogen-bond donors (Lipinski definition) is 3. The first-order valence-corrected chi connectivity index (χ1v) is 2.35. The smallest absolute Gasteiger partial charge is 0.412 e. The second-order valence-electron chi connectivity index (χ2n) is 0.513. The van der Waals surface area contributed by atoms with Gasteiger partial charge in [-0.25, -0.2) is 4.57 Å². The third-order valence-corrected chi connectivity index (χ3v) is 0. The minimum Gasteiger partial charge on any atom is -0.412 e. The minimum absolute atomic E-state index is 0. The summed E-state index contributed by atoms with van der Waals surface area (Å²) in [5.74, 6) is 0. The molecular formula is H5AlO5PZn+5. The van der Waals surface area contributed by atoms with Gasteiger partial charge in [0, 0.05) is 0 Å². The van der Waals surface area contributed by atoms with Crippen molar-refractivity contribution in [1.29, 1.82) is 0 Å². The van der Waals surface area contributed by atoms with Gasteiger partial charge in [0.15, 0.2) is 0 Å². The Labute approximate surface area is 69.5 Å². The summed E-state index contributed by atoms with van der Waals surface area (Å²) in [6.45, 7) is 0. The van der Waals surface area contributed by atoms with Gasteiger partial charge in [-0.15, -0.1) is 0 Å². The first-order valence-electron chi connectivity index (χ1n) is 0.783. The molecular weight excluding hydrogens is 203 g/mol. The Kier molecular flexibility index (Phi) is 23.5. The summed E-state index contributed by atoms with van der Waals surface area (Å²) in [5.41, 5.74) is 0. The van der Waals surface area contributed by atoms with E-state index >= 15 is 0 Å². The van der Waals surface area contributed by atoms with Gasteiger partial charge in [-0.2, -0.15) is 0 Å². The van der Waals surface area contributed by atoms with Gasteiger partial charge in [0.05, 0.1) is 0 Å². The molecule has 0 heterocycles. The Morgan fingerprint density at radius 1 is 1.12 bits per heavy atom. The van der Waals surface area contributed by atoms with Crippen LogP contribution < -0.4 is 0 Å². The molecule has 0 unspecified atom stereocenters. The van der Waals surface area contributed by atoms with Crippen LogP contribution in [0.1, 0.15) is 0 Å². The Hall–Kier alpha value is 1.23. The average Bonchev–Trinajstić information content (AvgIpc) is 0.722. The van der Waals surface area contributed by atoms with E-state index in [0.717, 1.165) is 0 Å². The third kappa shape index (κ3) is 186. The summed E-state index contributed by atoms with van der Waals surface area (Å²) in [5, 5.41) is 0. The van der Waals surface area contributed by atoms with Gasteiger partial charge >= 0.3 is 44.7 Å². The maximum Gasteiger partial charge on any atom is 3.00 e. The molecule has 5 nitrogen and oxygen atoms in total. The standard InChI is InChI=1S/Al.H3O4P.H2O.Zn/c;1-5(2,3)4;;/h;(H3,1,2,3,4);1H2;/q+3;;;+2. The van der Waals surface area contributed by atoms with Gasteiger partial charge in [-0.05, 0) is 0 Å². The van der Waals surface area contributed by atoms with Crippen LogP contribution in [-0.4, -0.2) is 37.5 Å². The molecule has 0 bridgehead atoms. The summed E-state index contributed by atoms with van der Waals surface area (Å²) in [6, 6.07) is 0. The second-order valence-corrected chi connectivity index (χ2v) is 1.54. The molecule has 0 aromatic rings. The SMILES string of the molecule is O.O=P(O)(O)O.[Al+3].[Zn+2]. The molecule has 0 radical (unpaired) electrons. The van der Waals surface area contributed by atoms with Gasteiger partial charge in [-0.3, -0.25) is 0 Å². The fourth-order valence-corrected chi connectivity index (χ4v) is 0. The summed E-state index contributed by atoms with van der Waals surface area (Å²) >= 11 is 0. The molecule has 8 heteroatoms. The fourth-order valence-electron chi connectivity index (χ4n) is 0. The molecule has 0 saturated heterocycles. The molecule has 40 valence electrons. The van der Waals surface area contributed by atoms with Gasteiger partial charge in [0.1, 0.15) is 0 Å². The Balaban J connectivity index is -0.0000000267. The van der Waals surface area contributed by atoms with Crippen molar-refractivity contribution in [3.63, 3.8) is 0 Å². The van der Waals surface area contributed by atoms with Crippen LogP contribution in [0.3, 0.4) is 0 Å². The molecule has 0 aromatic heterocycles. The van der Waals surface area contributed by atoms with Crippen molar-refractivity contribution in [2.24, 2.45) is 0 Å². The van der Waals surface area contributed by atoms with E-state index in [9.17, 15) is 0 Å². The molecule has 0 aliphatic heterocycles. The summed E-state index contributed by atoms with van der Waals surface area (Å²) in [7, 11) is -4.64. The van der Waals surface area contributed by atoms with Crippen LogP contribution in [0.5, 0.6) is 0 Å². The van der Waals surface area contributed by atoms with Crippen LogP contribution in [0, 0.1) is 0 Å². The van der Waals surface area contributed by atoms with E-state index in [1.807, 2.05) is 0 Å². The van der Waals surface area contributed by atoms with Gasteiger partial charge in [0.2, 0.25) is 0 Å². The molecule has 0 atom stereocenters. The average molecular weight is 208 g/mol. The van der Waals surface area contributed by atoms with Crippen molar-refractivity contribution < 1.29 is 44.2 Å². The van der Waals surface area contributed by atoms with Crippen LogP contribution in [0.2, 0.25) is 0 Å². The maximum absolute atomic E-state index is 8.88. The van der Waals surface area contributed by atoms with Crippen LogP contribution in [0.25, 0.3) is 0 Å². The molecule has 0 spiro atoms. The Morgan fingerprint density at radius 3 is 1.12 bits per heavy atom. The molecule has 8 heavy (non-hydrogen) atoms. The fraction of sp³-hybridized carbons (Fsp3) is 0. The Morgan fingerprint density at radius 2 is 1.12 bits per heavy atom. The van der Waals surface area contributed by atoms with Crippen molar-refractivity contribution in [3.8, 4) is 0 Å². The van der Waals surface area contributed by atoms with E-state index in [4.69, 9.17) is 19.2 Å². The zero-order chi connectivity index (χ0) is 4.50. The van der Waals surface area contributed by atoms with E-state index in [0.29, 0.717) is 0 Å². The summed E-state index contributed by atoms with van der Waals surface area (Å²) < 4.78 is 8.88. The Bertz CT molecular complexity index is 58.6. The number of hydrogen-bond acceptors (Lipinski definition) is 1. The number of rotatable bonds is 0. The van der Waals surface area contributed by atoms with Crippen LogP contribution in [0.15, 0.2) is 0 Å². The molecule has 0 aliphatic rings. The molecule has 0 fully saturated rings. The first-order chi connectivity index (χ1) is 2.00. The van der Waals surface area contributed by atoms with E-state index in [1.54, 1.807) is 0 Å². The van der Waals surface area contributed by atoms with Crippen LogP contribution in [0.4, 0.5) is 0 Å². The zero-order valence-electron chi connectivity index (χ0n) is 3.98. The predicted molar refractivity (Wildman–Crippen MR) is 23.6 cm³/mol. The van der Waals surface area contributed by atoms with Gasteiger partial charge in [-0.1, -0.05) is 0 Å². The van der Waals surface area contributed by atoms with Crippen molar-refractivity contribution >= 4 is 25.2 Å². The molecule has 0 amide bonds.